The highest BCUT2D eigenvalue weighted by Crippen LogP contribution is 2.63. The summed E-state index contributed by atoms with van der Waals surface area (Å²) < 4.78 is 28.2. The summed E-state index contributed by atoms with van der Waals surface area (Å²) >= 11 is 0. The van der Waals surface area contributed by atoms with E-state index in [9.17, 15) is 10.2 Å². The molecule has 29 heavy (non-hydrogen) atoms. The zero-order valence-electron chi connectivity index (χ0n) is 17.8. The van der Waals surface area contributed by atoms with Crippen LogP contribution in [0.15, 0.2) is 24.8 Å². The van der Waals surface area contributed by atoms with E-state index in [1.165, 1.54) is 0 Å². The van der Waals surface area contributed by atoms with Crippen LogP contribution in [0.25, 0.3) is 0 Å². The molecule has 162 valence electrons. The number of methoxy groups -OCH3 is 4. The molecule has 2 aliphatic rings. The zero-order chi connectivity index (χ0) is 21.4. The van der Waals surface area contributed by atoms with E-state index in [4.69, 9.17) is 23.7 Å². The van der Waals surface area contributed by atoms with Gasteiger partial charge in [-0.2, -0.15) is 0 Å². The van der Waals surface area contributed by atoms with Crippen LogP contribution in [0.2, 0.25) is 0 Å². The van der Waals surface area contributed by atoms with Crippen LogP contribution in [0.5, 0.6) is 17.2 Å². The molecule has 1 aromatic rings. The zero-order valence-corrected chi connectivity index (χ0v) is 17.8. The lowest BCUT2D eigenvalue weighted by molar-refractivity contribution is -0.287. The van der Waals surface area contributed by atoms with Gasteiger partial charge in [0.15, 0.2) is 17.3 Å². The Morgan fingerprint density at radius 3 is 2.24 bits per heavy atom. The Bertz CT molecular complexity index is 726. The average Bonchev–Trinajstić information content (AvgIpc) is 2.93. The molecule has 0 amide bonds. The van der Waals surface area contributed by atoms with E-state index in [1.807, 2.05) is 12.1 Å². The first kappa shape index (κ1) is 21.9. The molecule has 1 saturated carbocycles. The minimum atomic E-state index is -1.50. The number of hydrogen-bond acceptors (Lipinski definition) is 7. The summed E-state index contributed by atoms with van der Waals surface area (Å²) in [6, 6.07) is 3.68. The van der Waals surface area contributed by atoms with Crippen LogP contribution in [0, 0.1) is 11.3 Å². The largest absolute Gasteiger partial charge is 0.493 e. The average molecular weight is 408 g/mol. The number of fused-ring (bicyclic) bond motifs is 1. The molecule has 1 saturated heterocycles. The first-order valence-corrected chi connectivity index (χ1v) is 9.82. The van der Waals surface area contributed by atoms with Crippen LogP contribution < -0.4 is 14.2 Å². The summed E-state index contributed by atoms with van der Waals surface area (Å²) in [5, 5.41) is 22.1. The van der Waals surface area contributed by atoms with E-state index in [2.05, 4.69) is 13.5 Å². The van der Waals surface area contributed by atoms with Crippen molar-refractivity contribution >= 4 is 0 Å². The van der Waals surface area contributed by atoms with Gasteiger partial charge in [-0.25, -0.2) is 0 Å². The number of allylic oxidation sites excluding steroid dienone is 1. The molecule has 2 N–H and O–H groups in total. The monoisotopic (exact) mass is 408 g/mol. The molecule has 0 unspecified atom stereocenters. The van der Waals surface area contributed by atoms with E-state index in [0.717, 1.165) is 5.56 Å². The van der Waals surface area contributed by atoms with Gasteiger partial charge in [0.2, 0.25) is 5.75 Å². The van der Waals surface area contributed by atoms with Crippen molar-refractivity contribution in [2.45, 2.75) is 50.3 Å². The fourth-order valence-electron chi connectivity index (χ4n) is 5.13. The minimum Gasteiger partial charge on any atom is -0.493 e. The highest BCUT2D eigenvalue weighted by Gasteiger charge is 2.66. The fraction of sp³-hybridized carbons (Fsp3) is 0.636. The van der Waals surface area contributed by atoms with E-state index in [1.54, 1.807) is 34.5 Å². The third-order valence-corrected chi connectivity index (χ3v) is 6.73. The number of aliphatic hydroxyl groups is 2. The summed E-state index contributed by atoms with van der Waals surface area (Å²) in [5.74, 6) is -0.0473. The molecule has 3 rings (SSSR count). The lowest BCUT2D eigenvalue weighted by Crippen LogP contribution is -2.58. The molecule has 7 heteroatoms. The normalized spacial score (nSPS) is 36.4. The van der Waals surface area contributed by atoms with Gasteiger partial charge in [0.05, 0.1) is 39.6 Å². The molecule has 0 bridgehead atoms. The van der Waals surface area contributed by atoms with Crippen molar-refractivity contribution in [2.24, 2.45) is 11.3 Å². The van der Waals surface area contributed by atoms with Gasteiger partial charge in [0.1, 0.15) is 0 Å². The highest BCUT2D eigenvalue weighted by molar-refractivity contribution is 5.54. The van der Waals surface area contributed by atoms with Crippen LogP contribution >= 0.6 is 0 Å². The van der Waals surface area contributed by atoms with Gasteiger partial charge in [-0.05, 0) is 36.5 Å². The summed E-state index contributed by atoms with van der Waals surface area (Å²) in [5.41, 5.74) is 0.168. The molecule has 6 atom stereocenters. The standard InChI is InChI=1S/C22H32O7/c1-7-8-21-12-18(27-5)15(23)11-22(21,24)29-19(13(21)2)14-9-16(25-3)20(28-6)17(10-14)26-4/h7,9-10,13,15,18-19,23-24H,1,8,11-12H2,2-6H3/t13-,15-,18-,19-,21-,22+/m1/s1. The lowest BCUT2D eigenvalue weighted by atomic mass is 9.59. The van der Waals surface area contributed by atoms with Gasteiger partial charge in [-0.1, -0.05) is 13.0 Å². The van der Waals surface area contributed by atoms with Crippen LogP contribution in [0.4, 0.5) is 0 Å². The molecule has 1 aliphatic heterocycles. The Morgan fingerprint density at radius 2 is 1.76 bits per heavy atom. The molecule has 0 spiro atoms. The van der Waals surface area contributed by atoms with E-state index >= 15 is 0 Å². The van der Waals surface area contributed by atoms with Crippen molar-refractivity contribution in [3.63, 3.8) is 0 Å². The third-order valence-electron chi connectivity index (χ3n) is 6.73. The van der Waals surface area contributed by atoms with E-state index in [0.29, 0.717) is 30.1 Å². The van der Waals surface area contributed by atoms with Gasteiger partial charge in [0, 0.05) is 18.9 Å². The van der Waals surface area contributed by atoms with Crippen LogP contribution in [-0.2, 0) is 9.47 Å². The predicted molar refractivity (Wildman–Crippen MR) is 107 cm³/mol. The summed E-state index contributed by atoms with van der Waals surface area (Å²) in [6.07, 6.45) is 1.26. The minimum absolute atomic E-state index is 0.0740. The third kappa shape index (κ3) is 3.30. The van der Waals surface area contributed by atoms with Crippen LogP contribution in [0.3, 0.4) is 0 Å². The maximum Gasteiger partial charge on any atom is 0.203 e. The molecule has 7 nitrogen and oxygen atoms in total. The van der Waals surface area contributed by atoms with Gasteiger partial charge >= 0.3 is 0 Å². The molecule has 2 fully saturated rings. The second-order valence-electron chi connectivity index (χ2n) is 7.97. The topological polar surface area (TPSA) is 86.6 Å². The molecule has 1 aromatic carbocycles. The summed E-state index contributed by atoms with van der Waals surface area (Å²) in [7, 11) is 6.26. The highest BCUT2D eigenvalue weighted by atomic mass is 16.6. The van der Waals surface area contributed by atoms with Crippen LogP contribution in [0.1, 0.15) is 37.9 Å². The van der Waals surface area contributed by atoms with Crippen LogP contribution in [-0.4, -0.2) is 56.6 Å². The Balaban J connectivity index is 2.08. The van der Waals surface area contributed by atoms with Gasteiger partial charge < -0.3 is 33.9 Å². The van der Waals surface area contributed by atoms with Gasteiger partial charge in [-0.15, -0.1) is 6.58 Å². The van der Waals surface area contributed by atoms with Gasteiger partial charge in [-0.3, -0.25) is 0 Å². The quantitative estimate of drug-likeness (QED) is 0.671. The molecule has 0 radical (unpaired) electrons. The van der Waals surface area contributed by atoms with Gasteiger partial charge in [0.25, 0.3) is 0 Å². The Kier molecular flexibility index (Phi) is 6.15. The molecule has 1 heterocycles. The van der Waals surface area contributed by atoms with E-state index in [-0.39, 0.29) is 18.4 Å². The fourth-order valence-corrected chi connectivity index (χ4v) is 5.13. The molecular formula is C22H32O7. The Labute approximate surface area is 172 Å². The molecular weight excluding hydrogens is 376 g/mol. The maximum absolute atomic E-state index is 11.6. The van der Waals surface area contributed by atoms with Crippen molar-refractivity contribution in [1.82, 2.24) is 0 Å². The number of aliphatic hydroxyl groups excluding tert-OH is 1. The molecule has 0 aromatic heterocycles. The van der Waals surface area contributed by atoms with Crippen molar-refractivity contribution in [2.75, 3.05) is 28.4 Å². The second-order valence-corrected chi connectivity index (χ2v) is 7.97. The smallest absolute Gasteiger partial charge is 0.203 e. The van der Waals surface area contributed by atoms with Crippen molar-refractivity contribution in [3.8, 4) is 17.2 Å². The first-order chi connectivity index (χ1) is 13.8. The Morgan fingerprint density at radius 1 is 1.14 bits per heavy atom. The number of hydrogen-bond donors (Lipinski definition) is 2. The summed E-state index contributed by atoms with van der Waals surface area (Å²) in [4.78, 5) is 0. The summed E-state index contributed by atoms with van der Waals surface area (Å²) in [6.45, 7) is 5.95. The molecule has 1 aliphatic carbocycles. The lowest BCUT2D eigenvalue weighted by Gasteiger charge is -2.50. The SMILES string of the molecule is C=CC[C@]12C[C@@H](OC)[C@H](O)C[C@]1(O)O[C@@H](c1cc(OC)c(OC)c(OC)c1)[C@H]2C. The number of benzene rings is 1. The van der Waals surface area contributed by atoms with Crippen molar-refractivity contribution in [1.29, 1.82) is 0 Å². The number of ether oxygens (including phenoxy) is 5. The predicted octanol–water partition coefficient (Wildman–Crippen LogP) is 2.84. The second kappa shape index (κ2) is 8.14. The Hall–Kier alpha value is -1.80. The van der Waals surface area contributed by atoms with Crippen molar-refractivity contribution in [3.05, 3.63) is 30.4 Å². The van der Waals surface area contributed by atoms with E-state index < -0.39 is 23.4 Å². The number of rotatable bonds is 7. The van der Waals surface area contributed by atoms with Crippen molar-refractivity contribution < 1.29 is 33.9 Å². The first-order valence-electron chi connectivity index (χ1n) is 9.82. The maximum atomic E-state index is 11.6.